The molecule has 7 rings (SSSR count). The average molecular weight is 684 g/mol. The molecule has 4 saturated carbocycles. The molecule has 9 atom stereocenters. The first-order valence-electron chi connectivity index (χ1n) is 19.6. The Morgan fingerprint density at radius 3 is 2.38 bits per heavy atom. The van der Waals surface area contributed by atoms with Crippen LogP contribution < -0.4 is 10.6 Å². The number of piperazine rings is 1. The Hall–Kier alpha value is -2.93. The maximum Gasteiger partial charge on any atom is 0.335 e. The summed E-state index contributed by atoms with van der Waals surface area (Å²) in [4.78, 5) is 40.1. The zero-order chi connectivity index (χ0) is 35.9. The number of benzene rings is 1. The number of hydrogen-bond acceptors (Lipinski definition) is 4. The van der Waals surface area contributed by atoms with E-state index in [4.69, 9.17) is 0 Å². The van der Waals surface area contributed by atoms with Crippen molar-refractivity contribution in [1.82, 2.24) is 15.5 Å². The molecule has 0 bridgehead atoms. The minimum absolute atomic E-state index is 0.0227. The Morgan fingerprint density at radius 2 is 1.70 bits per heavy atom. The second-order valence-corrected chi connectivity index (χ2v) is 18.7. The van der Waals surface area contributed by atoms with Crippen LogP contribution >= 0.6 is 0 Å². The van der Waals surface area contributed by atoms with Crippen molar-refractivity contribution in [3.63, 3.8) is 0 Å². The highest BCUT2D eigenvalue weighted by atomic mass is 16.4. The van der Waals surface area contributed by atoms with Gasteiger partial charge in [0.25, 0.3) is 0 Å². The van der Waals surface area contributed by atoms with Crippen LogP contribution in [0.25, 0.3) is 5.57 Å². The lowest BCUT2D eigenvalue weighted by molar-refractivity contribution is -0.225. The molecule has 0 aromatic heterocycles. The second-order valence-electron chi connectivity index (χ2n) is 18.7. The first kappa shape index (κ1) is 35.5. The molecule has 5 fully saturated rings. The summed E-state index contributed by atoms with van der Waals surface area (Å²) in [6.07, 6.45) is 12.4. The number of allylic oxidation sites excluding steroid dienone is 3. The zero-order valence-corrected chi connectivity index (χ0v) is 31.5. The summed E-state index contributed by atoms with van der Waals surface area (Å²) in [5, 5.41) is 15.8. The van der Waals surface area contributed by atoms with Crippen molar-refractivity contribution in [3.8, 4) is 0 Å². The maximum absolute atomic E-state index is 14.5. The van der Waals surface area contributed by atoms with Crippen LogP contribution in [0.4, 0.5) is 0 Å². The van der Waals surface area contributed by atoms with Gasteiger partial charge >= 0.3 is 5.97 Å². The van der Waals surface area contributed by atoms with Crippen molar-refractivity contribution in [2.24, 2.45) is 56.7 Å². The molecule has 7 nitrogen and oxygen atoms in total. The van der Waals surface area contributed by atoms with Gasteiger partial charge < -0.3 is 15.7 Å². The summed E-state index contributed by atoms with van der Waals surface area (Å²) in [5.74, 6) is 1.79. The molecule has 0 spiro atoms. The van der Waals surface area contributed by atoms with Gasteiger partial charge in [-0.25, -0.2) is 4.79 Å². The van der Waals surface area contributed by atoms with Crippen molar-refractivity contribution in [2.45, 2.75) is 99.3 Å². The van der Waals surface area contributed by atoms with Crippen LogP contribution in [0.3, 0.4) is 0 Å². The predicted octanol–water partition coefficient (Wildman–Crippen LogP) is 7.58. The largest absolute Gasteiger partial charge is 0.478 e. The lowest BCUT2D eigenvalue weighted by Crippen LogP contribution is -2.66. The first-order chi connectivity index (χ1) is 23.6. The summed E-state index contributed by atoms with van der Waals surface area (Å²) < 4.78 is 0. The molecule has 50 heavy (non-hydrogen) atoms. The van der Waals surface area contributed by atoms with E-state index < -0.39 is 5.97 Å². The van der Waals surface area contributed by atoms with E-state index in [9.17, 15) is 19.5 Å². The number of aromatic carboxylic acids is 1. The highest BCUT2D eigenvalue weighted by Gasteiger charge is 2.71. The Kier molecular flexibility index (Phi) is 8.76. The zero-order valence-electron chi connectivity index (χ0n) is 31.5. The lowest BCUT2D eigenvalue weighted by Gasteiger charge is -2.72. The topological polar surface area (TPSA) is 98.7 Å². The fourth-order valence-electron chi connectivity index (χ4n) is 13.8. The van der Waals surface area contributed by atoms with E-state index in [1.807, 2.05) is 12.1 Å². The Balaban J connectivity index is 1.15. The molecule has 1 aromatic rings. The fourth-order valence-corrected chi connectivity index (χ4v) is 13.8. The third-order valence-electron chi connectivity index (χ3n) is 16.4. The molecule has 2 amide bonds. The number of carbonyl (C=O) groups is 3. The molecule has 1 heterocycles. The SMILES string of the molecule is C=C(C)[C@@H]1CC[C@]2(C(=O)NCCN3CCNC(=O)C3)CC[C@]3(C)[C@H](CC[C@@H]4[C@@]5(C)CC=C(c6ccc(C(=O)O)cc6)C(C)(C)[C@@H]5CC[C@]43C)[C@@H]12. The van der Waals surface area contributed by atoms with Gasteiger partial charge in [-0.2, -0.15) is 0 Å². The quantitative estimate of drug-likeness (QED) is 0.258. The van der Waals surface area contributed by atoms with Gasteiger partial charge in [-0.05, 0) is 139 Å². The van der Waals surface area contributed by atoms with Crippen LogP contribution in [0, 0.1) is 56.7 Å². The first-order valence-corrected chi connectivity index (χ1v) is 19.6. The van der Waals surface area contributed by atoms with Gasteiger partial charge in [-0.1, -0.05) is 65.0 Å². The number of amides is 2. The average Bonchev–Trinajstić information content (AvgIpc) is 3.46. The fraction of sp³-hybridized carbons (Fsp3) is 0.698. The molecule has 7 heteroatoms. The number of carboxylic acids is 1. The summed E-state index contributed by atoms with van der Waals surface area (Å²) in [6.45, 7) is 22.7. The van der Waals surface area contributed by atoms with E-state index in [0.717, 1.165) is 44.2 Å². The number of fused-ring (bicyclic) bond motifs is 7. The third kappa shape index (κ3) is 5.17. The minimum Gasteiger partial charge on any atom is -0.478 e. The molecular weight excluding hydrogens is 622 g/mol. The Bertz CT molecular complexity index is 1600. The molecule has 3 N–H and O–H groups in total. The smallest absolute Gasteiger partial charge is 0.335 e. The number of carbonyl (C=O) groups excluding carboxylic acids is 2. The van der Waals surface area contributed by atoms with Crippen molar-refractivity contribution < 1.29 is 19.5 Å². The van der Waals surface area contributed by atoms with Gasteiger partial charge in [0.05, 0.1) is 17.5 Å². The summed E-state index contributed by atoms with van der Waals surface area (Å²) in [6, 6.07) is 7.52. The van der Waals surface area contributed by atoms with Gasteiger partial charge in [0.2, 0.25) is 11.8 Å². The highest BCUT2D eigenvalue weighted by Crippen LogP contribution is 2.77. The van der Waals surface area contributed by atoms with Gasteiger partial charge in [0.1, 0.15) is 0 Å². The third-order valence-corrected chi connectivity index (χ3v) is 16.4. The molecule has 1 aromatic carbocycles. The summed E-state index contributed by atoms with van der Waals surface area (Å²) in [5.41, 5.74) is 4.26. The van der Waals surface area contributed by atoms with Crippen LogP contribution in [0.5, 0.6) is 0 Å². The van der Waals surface area contributed by atoms with E-state index in [-0.39, 0.29) is 38.9 Å². The monoisotopic (exact) mass is 683 g/mol. The molecular formula is C43H61N3O4. The lowest BCUT2D eigenvalue weighted by atomic mass is 9.32. The summed E-state index contributed by atoms with van der Waals surface area (Å²) >= 11 is 0. The van der Waals surface area contributed by atoms with Crippen LogP contribution in [-0.4, -0.2) is 60.5 Å². The minimum atomic E-state index is -0.881. The van der Waals surface area contributed by atoms with E-state index in [0.29, 0.717) is 61.3 Å². The van der Waals surface area contributed by atoms with Gasteiger partial charge in [-0.3, -0.25) is 14.5 Å². The number of rotatable bonds is 7. The van der Waals surface area contributed by atoms with Crippen LogP contribution in [0.15, 0.2) is 42.5 Å². The molecule has 0 radical (unpaired) electrons. The van der Waals surface area contributed by atoms with Gasteiger partial charge in [0.15, 0.2) is 0 Å². The molecule has 0 unspecified atom stereocenters. The number of hydrogen-bond donors (Lipinski definition) is 3. The molecule has 6 aliphatic rings. The molecule has 1 saturated heterocycles. The standard InChI is InChI=1S/C43H61N3O4/c1-27(2)30-14-19-43(38(50)45-23-25-46-24-22-44-35(47)26-46)21-20-41(6)32(36(30)43)12-13-34-40(5)17-15-31(28-8-10-29(11-9-28)37(48)49)39(3,4)33(40)16-18-42(34,41)7/h8-11,15,30,32-34,36H,1,12-14,16-26H2,2-7H3,(H,44,47)(H,45,50)(H,48,49)/t30-,32+,33-,34+,36+,40-,41+,42+,43-/m0/s1. The molecule has 272 valence electrons. The van der Waals surface area contributed by atoms with Gasteiger partial charge in [0, 0.05) is 26.2 Å². The molecule has 5 aliphatic carbocycles. The number of carboxylic acid groups (broad SMARTS) is 1. The van der Waals surface area contributed by atoms with E-state index >= 15 is 0 Å². The normalized spacial score (nSPS) is 40.6. The van der Waals surface area contributed by atoms with Crippen molar-refractivity contribution >= 4 is 23.4 Å². The van der Waals surface area contributed by atoms with E-state index in [1.165, 1.54) is 36.8 Å². The van der Waals surface area contributed by atoms with Gasteiger partial charge in [-0.15, -0.1) is 0 Å². The Labute approximate surface area is 300 Å². The molecule has 1 aliphatic heterocycles. The Morgan fingerprint density at radius 1 is 0.960 bits per heavy atom. The van der Waals surface area contributed by atoms with Crippen LogP contribution in [0.2, 0.25) is 0 Å². The summed E-state index contributed by atoms with van der Waals surface area (Å²) in [7, 11) is 0. The number of nitrogens with zero attached hydrogens (tertiary/aromatic N) is 1. The van der Waals surface area contributed by atoms with Crippen LogP contribution in [-0.2, 0) is 9.59 Å². The predicted molar refractivity (Wildman–Crippen MR) is 198 cm³/mol. The number of nitrogens with one attached hydrogen (secondary N) is 2. The van der Waals surface area contributed by atoms with E-state index in [1.54, 1.807) is 12.1 Å². The maximum atomic E-state index is 14.5. The second kappa shape index (κ2) is 12.3. The van der Waals surface area contributed by atoms with E-state index in [2.05, 4.69) is 69.7 Å². The highest BCUT2D eigenvalue weighted by molar-refractivity contribution is 5.88. The van der Waals surface area contributed by atoms with Crippen molar-refractivity contribution in [1.29, 1.82) is 0 Å². The van der Waals surface area contributed by atoms with Crippen molar-refractivity contribution in [3.05, 3.63) is 53.6 Å². The van der Waals surface area contributed by atoms with Crippen LogP contribution in [0.1, 0.15) is 115 Å². The van der Waals surface area contributed by atoms with Crippen molar-refractivity contribution in [2.75, 3.05) is 32.7 Å².